The summed E-state index contributed by atoms with van der Waals surface area (Å²) in [6.07, 6.45) is 0. The first-order chi connectivity index (χ1) is 9.83. The third-order valence-electron chi connectivity index (χ3n) is 3.51. The summed E-state index contributed by atoms with van der Waals surface area (Å²) in [5, 5.41) is 2.20. The zero-order chi connectivity index (χ0) is 13.5. The van der Waals surface area contributed by atoms with Gasteiger partial charge in [0.05, 0.1) is 16.6 Å². The molecular weight excluding hydrogens is 251 g/mol. The fraction of sp³-hybridized carbons (Fsp3) is 0. The van der Waals surface area contributed by atoms with Crippen molar-refractivity contribution in [1.29, 1.82) is 0 Å². The lowest BCUT2D eigenvalue weighted by Crippen LogP contribution is -1.84. The molecule has 0 bridgehead atoms. The number of aromatic nitrogens is 2. The van der Waals surface area contributed by atoms with Crippen molar-refractivity contribution in [2.75, 3.05) is 0 Å². The number of halogens is 1. The van der Waals surface area contributed by atoms with Crippen molar-refractivity contribution in [1.82, 2.24) is 9.97 Å². The van der Waals surface area contributed by atoms with E-state index in [0.717, 1.165) is 21.8 Å². The van der Waals surface area contributed by atoms with Gasteiger partial charge < -0.3 is 4.98 Å². The van der Waals surface area contributed by atoms with Crippen LogP contribution in [0.15, 0.2) is 60.7 Å². The number of hydrogen-bond donors (Lipinski definition) is 1. The second-order valence-corrected chi connectivity index (χ2v) is 4.75. The summed E-state index contributed by atoms with van der Waals surface area (Å²) in [6.45, 7) is 0. The highest BCUT2D eigenvalue weighted by molar-refractivity contribution is 6.04. The molecule has 0 fully saturated rings. The van der Waals surface area contributed by atoms with Crippen molar-refractivity contribution >= 4 is 21.8 Å². The molecular formula is C17H11FN2. The Hall–Kier alpha value is -2.68. The van der Waals surface area contributed by atoms with Gasteiger partial charge in [-0.3, -0.25) is 0 Å². The van der Waals surface area contributed by atoms with Crippen LogP contribution in [0.4, 0.5) is 4.39 Å². The minimum Gasteiger partial charge on any atom is -0.338 e. The van der Waals surface area contributed by atoms with Gasteiger partial charge >= 0.3 is 0 Å². The lowest BCUT2D eigenvalue weighted by atomic mass is 10.1. The van der Waals surface area contributed by atoms with E-state index in [0.29, 0.717) is 11.4 Å². The van der Waals surface area contributed by atoms with Gasteiger partial charge in [0.1, 0.15) is 11.6 Å². The Balaban J connectivity index is 2.04. The lowest BCUT2D eigenvalue weighted by Gasteiger charge is -1.97. The van der Waals surface area contributed by atoms with E-state index in [1.165, 1.54) is 6.07 Å². The summed E-state index contributed by atoms with van der Waals surface area (Å²) in [6, 6.07) is 18.8. The fourth-order valence-corrected chi connectivity index (χ4v) is 2.52. The second kappa shape index (κ2) is 4.17. The molecule has 0 unspecified atom stereocenters. The second-order valence-electron chi connectivity index (χ2n) is 4.75. The lowest BCUT2D eigenvalue weighted by molar-refractivity contribution is 0.630. The van der Waals surface area contributed by atoms with Gasteiger partial charge in [0, 0.05) is 5.39 Å². The number of nitrogens with one attached hydrogen (secondary N) is 1. The molecule has 0 aliphatic heterocycles. The van der Waals surface area contributed by atoms with E-state index in [2.05, 4.69) is 9.97 Å². The third-order valence-corrected chi connectivity index (χ3v) is 3.51. The van der Waals surface area contributed by atoms with Crippen molar-refractivity contribution in [3.63, 3.8) is 0 Å². The molecule has 4 rings (SSSR count). The summed E-state index contributed by atoms with van der Waals surface area (Å²) in [4.78, 5) is 7.77. The Morgan fingerprint density at radius 2 is 1.65 bits per heavy atom. The highest BCUT2D eigenvalue weighted by atomic mass is 19.1. The van der Waals surface area contributed by atoms with Crippen molar-refractivity contribution in [2.45, 2.75) is 0 Å². The van der Waals surface area contributed by atoms with E-state index in [4.69, 9.17) is 0 Å². The van der Waals surface area contributed by atoms with Gasteiger partial charge in [-0.05, 0) is 23.6 Å². The van der Waals surface area contributed by atoms with Gasteiger partial charge in [0.25, 0.3) is 0 Å². The summed E-state index contributed by atoms with van der Waals surface area (Å²) in [7, 11) is 0. The van der Waals surface area contributed by atoms with Gasteiger partial charge in [0.15, 0.2) is 0 Å². The van der Waals surface area contributed by atoms with Gasteiger partial charge in [-0.25, -0.2) is 9.37 Å². The Bertz CT molecular complexity index is 924. The van der Waals surface area contributed by atoms with Gasteiger partial charge in [-0.2, -0.15) is 0 Å². The minimum absolute atomic E-state index is 0.268. The Morgan fingerprint density at radius 1 is 0.850 bits per heavy atom. The highest BCUT2D eigenvalue weighted by Gasteiger charge is 2.10. The molecule has 0 radical (unpaired) electrons. The van der Waals surface area contributed by atoms with Crippen LogP contribution in [0.1, 0.15) is 0 Å². The Kier molecular flexibility index (Phi) is 2.33. The molecule has 96 valence electrons. The smallest absolute Gasteiger partial charge is 0.141 e. The van der Waals surface area contributed by atoms with Gasteiger partial charge in [0.2, 0.25) is 0 Å². The molecule has 1 aromatic heterocycles. The van der Waals surface area contributed by atoms with Crippen LogP contribution in [0.5, 0.6) is 0 Å². The molecule has 0 saturated heterocycles. The average molecular weight is 262 g/mol. The summed E-state index contributed by atoms with van der Waals surface area (Å²) in [5.74, 6) is 0.297. The number of benzene rings is 3. The van der Waals surface area contributed by atoms with Crippen LogP contribution in [0.25, 0.3) is 33.2 Å². The quantitative estimate of drug-likeness (QED) is 0.536. The summed E-state index contributed by atoms with van der Waals surface area (Å²) >= 11 is 0. The number of fused-ring (bicyclic) bond motifs is 3. The molecule has 0 saturated carbocycles. The first-order valence-corrected chi connectivity index (χ1v) is 6.45. The first kappa shape index (κ1) is 11.2. The molecule has 0 spiro atoms. The average Bonchev–Trinajstić information content (AvgIpc) is 2.92. The van der Waals surface area contributed by atoms with E-state index in [-0.39, 0.29) is 5.82 Å². The number of rotatable bonds is 1. The first-order valence-electron chi connectivity index (χ1n) is 6.45. The number of nitrogens with zero attached hydrogens (tertiary/aromatic N) is 1. The molecule has 2 nitrogen and oxygen atoms in total. The van der Waals surface area contributed by atoms with Crippen LogP contribution in [0, 0.1) is 5.82 Å². The monoisotopic (exact) mass is 262 g/mol. The number of aromatic amines is 1. The van der Waals surface area contributed by atoms with Crippen molar-refractivity contribution in [3.05, 3.63) is 66.5 Å². The predicted molar refractivity (Wildman–Crippen MR) is 79.0 cm³/mol. The SMILES string of the molecule is Fc1ccccc1-c1nc2c(ccc3ccccc32)[nH]1. The van der Waals surface area contributed by atoms with Crippen LogP contribution >= 0.6 is 0 Å². The maximum atomic E-state index is 13.9. The molecule has 1 N–H and O–H groups in total. The predicted octanol–water partition coefficient (Wildman–Crippen LogP) is 4.52. The molecule has 3 heteroatoms. The van der Waals surface area contributed by atoms with Crippen molar-refractivity contribution in [2.24, 2.45) is 0 Å². The number of imidazole rings is 1. The molecule has 3 aromatic carbocycles. The fourth-order valence-electron chi connectivity index (χ4n) is 2.52. The molecule has 0 atom stereocenters. The van der Waals surface area contributed by atoms with E-state index in [1.54, 1.807) is 12.1 Å². The molecule has 20 heavy (non-hydrogen) atoms. The zero-order valence-corrected chi connectivity index (χ0v) is 10.6. The van der Waals surface area contributed by atoms with Crippen LogP contribution in [0.2, 0.25) is 0 Å². The van der Waals surface area contributed by atoms with Crippen molar-refractivity contribution < 1.29 is 4.39 Å². The maximum absolute atomic E-state index is 13.9. The molecule has 4 aromatic rings. The van der Waals surface area contributed by atoms with Crippen LogP contribution < -0.4 is 0 Å². The highest BCUT2D eigenvalue weighted by Crippen LogP contribution is 2.27. The largest absolute Gasteiger partial charge is 0.338 e. The van der Waals surface area contributed by atoms with Gasteiger partial charge in [-0.15, -0.1) is 0 Å². The topological polar surface area (TPSA) is 28.7 Å². The van der Waals surface area contributed by atoms with E-state index >= 15 is 0 Å². The molecule has 1 heterocycles. The standard InChI is InChI=1S/C17H11FN2/c18-14-8-4-3-7-13(14)17-19-15-10-9-11-5-1-2-6-12(11)16(15)20-17/h1-10H,(H,19,20). The maximum Gasteiger partial charge on any atom is 0.141 e. The Labute approximate surface area is 114 Å². The van der Waals surface area contributed by atoms with E-state index in [1.807, 2.05) is 42.5 Å². The van der Waals surface area contributed by atoms with Crippen LogP contribution in [-0.4, -0.2) is 9.97 Å². The van der Waals surface area contributed by atoms with Crippen LogP contribution in [0.3, 0.4) is 0 Å². The van der Waals surface area contributed by atoms with Gasteiger partial charge in [-0.1, -0.05) is 42.5 Å². The van der Waals surface area contributed by atoms with Crippen LogP contribution in [-0.2, 0) is 0 Å². The minimum atomic E-state index is -0.268. The van der Waals surface area contributed by atoms with E-state index in [9.17, 15) is 4.39 Å². The van der Waals surface area contributed by atoms with Crippen molar-refractivity contribution in [3.8, 4) is 11.4 Å². The van der Waals surface area contributed by atoms with E-state index < -0.39 is 0 Å². The summed E-state index contributed by atoms with van der Waals surface area (Å²) in [5.41, 5.74) is 2.29. The molecule has 0 aliphatic carbocycles. The number of H-pyrrole nitrogens is 1. The third kappa shape index (κ3) is 1.60. The normalized spacial score (nSPS) is 11.2. The molecule has 0 amide bonds. The molecule has 0 aliphatic rings. The number of hydrogen-bond acceptors (Lipinski definition) is 1. The Morgan fingerprint density at radius 3 is 2.55 bits per heavy atom. The zero-order valence-electron chi connectivity index (χ0n) is 10.6. The summed E-state index contributed by atoms with van der Waals surface area (Å²) < 4.78 is 13.9.